The topological polar surface area (TPSA) is 49.0 Å². The molecule has 0 unspecified atom stereocenters. The van der Waals surface area contributed by atoms with Gasteiger partial charge in [-0.1, -0.05) is 154 Å². The normalized spacial score (nSPS) is 12.0. The summed E-state index contributed by atoms with van der Waals surface area (Å²) in [5.74, 6) is 2.26. The highest BCUT2D eigenvalue weighted by Gasteiger charge is 2.27. The summed E-state index contributed by atoms with van der Waals surface area (Å²) in [4.78, 5) is 4.96. The van der Waals surface area contributed by atoms with E-state index in [9.17, 15) is 0 Å². The van der Waals surface area contributed by atoms with Gasteiger partial charge in [-0.15, -0.1) is 0 Å². The van der Waals surface area contributed by atoms with Gasteiger partial charge in [0.1, 0.15) is 39.9 Å². The highest BCUT2D eigenvalue weighted by Crippen LogP contribution is 2.46. The molecule has 0 aliphatic heterocycles. The summed E-state index contributed by atoms with van der Waals surface area (Å²) in [6.45, 7) is 6.70. The number of hydrogen-bond donors (Lipinski definition) is 0. The van der Waals surface area contributed by atoms with Gasteiger partial charge in [0.25, 0.3) is 6.33 Å². The Morgan fingerprint density at radius 2 is 1.22 bits per heavy atom. The first kappa shape index (κ1) is 37.5. The molecule has 6 nitrogen and oxygen atoms in total. The fraction of sp³-hybridized carbons (Fsp3) is 0.0690. The zero-order valence-electron chi connectivity index (χ0n) is 35.7. The van der Waals surface area contributed by atoms with Crippen LogP contribution in [0.25, 0.3) is 94.2 Å². The lowest BCUT2D eigenvalue weighted by Gasteiger charge is -2.20. The van der Waals surface area contributed by atoms with Gasteiger partial charge in [0.15, 0.2) is 11.0 Å². The molecular weight excluding hydrogens is 785 g/mol. The molecule has 0 saturated heterocycles. The largest absolute Gasteiger partial charge is 0.456 e. The van der Waals surface area contributed by atoms with Crippen molar-refractivity contribution in [3.8, 4) is 50.9 Å². The molecule has 8 aromatic carbocycles. The lowest BCUT2D eigenvalue weighted by molar-refractivity contribution is -0.566. The minimum absolute atomic E-state index is 0.0540. The summed E-state index contributed by atoms with van der Waals surface area (Å²) in [6.07, 6.45) is 4.12. The first-order chi connectivity index (χ1) is 31.4. The average molecular weight is 828 g/mol. The van der Waals surface area contributed by atoms with E-state index in [0.29, 0.717) is 11.5 Å². The summed E-state index contributed by atoms with van der Waals surface area (Å²) < 4.78 is 20.8. The van der Waals surface area contributed by atoms with Crippen LogP contribution in [0.2, 0.25) is 0 Å². The van der Waals surface area contributed by atoms with Crippen LogP contribution in [-0.2, 0) is 5.41 Å². The minimum Gasteiger partial charge on any atom is -0.456 e. The van der Waals surface area contributed by atoms with E-state index in [1.807, 2.05) is 24.4 Å². The fourth-order valence-corrected chi connectivity index (χ4v) is 9.46. The van der Waals surface area contributed by atoms with E-state index in [0.717, 1.165) is 94.2 Å². The van der Waals surface area contributed by atoms with Gasteiger partial charge in [0.05, 0.1) is 21.8 Å². The zero-order chi connectivity index (χ0) is 42.9. The molecule has 306 valence electrons. The molecule has 4 aromatic heterocycles. The molecule has 0 aliphatic rings. The van der Waals surface area contributed by atoms with Gasteiger partial charge in [0.2, 0.25) is 0 Å². The monoisotopic (exact) mass is 827 g/mol. The Kier molecular flexibility index (Phi) is 8.63. The maximum Gasteiger partial charge on any atom is 0.255 e. The van der Waals surface area contributed by atoms with Crippen molar-refractivity contribution in [1.82, 2.24) is 14.1 Å². The average Bonchev–Trinajstić information content (AvgIpc) is 4.02. The number of nitrogens with zero attached hydrogens (tertiary/aromatic N) is 4. The SMILES string of the molecule is CC(C)(C)c1ccnc(-n2c3ccccc3c3c4oc5ccccc5c4c(Oc4cccc(-n5c[n+](-c6c(-c7ccccc7)cccc6-c6ccccc6)c6ccccc65)c4)cc32)c1. The maximum absolute atomic E-state index is 7.14. The molecule has 0 spiro atoms. The Hall–Kier alpha value is -8.22. The smallest absolute Gasteiger partial charge is 0.255 e. The molecule has 0 radical (unpaired) electrons. The van der Waals surface area contributed by atoms with Crippen LogP contribution in [0.1, 0.15) is 26.3 Å². The minimum atomic E-state index is -0.0540. The van der Waals surface area contributed by atoms with Gasteiger partial charge in [0, 0.05) is 40.2 Å². The molecule has 0 N–H and O–H groups in total. The first-order valence-corrected chi connectivity index (χ1v) is 21.8. The molecule has 0 atom stereocenters. The molecule has 0 saturated carbocycles. The van der Waals surface area contributed by atoms with Gasteiger partial charge >= 0.3 is 0 Å². The summed E-state index contributed by atoms with van der Waals surface area (Å²) in [5.41, 5.74) is 13.6. The number of furan rings is 1. The van der Waals surface area contributed by atoms with Gasteiger partial charge in [-0.3, -0.25) is 4.57 Å². The van der Waals surface area contributed by atoms with Crippen LogP contribution in [0.5, 0.6) is 11.5 Å². The Morgan fingerprint density at radius 3 is 1.97 bits per heavy atom. The third-order valence-corrected chi connectivity index (χ3v) is 12.5. The van der Waals surface area contributed by atoms with E-state index in [1.165, 1.54) is 5.56 Å². The molecule has 4 heterocycles. The van der Waals surface area contributed by atoms with Crippen molar-refractivity contribution in [2.45, 2.75) is 26.2 Å². The number of fused-ring (bicyclic) bond motifs is 8. The predicted octanol–water partition coefficient (Wildman–Crippen LogP) is 14.7. The van der Waals surface area contributed by atoms with Crippen molar-refractivity contribution in [2.75, 3.05) is 0 Å². The third kappa shape index (κ3) is 6.10. The van der Waals surface area contributed by atoms with Crippen molar-refractivity contribution < 1.29 is 13.7 Å². The summed E-state index contributed by atoms with van der Waals surface area (Å²) >= 11 is 0. The van der Waals surface area contributed by atoms with Crippen LogP contribution in [0.15, 0.2) is 211 Å². The standard InChI is InChI=1S/C58H43N4O2/c1-58(2,3)40-32-33-59-53(34-40)62-47-28-12-10-24-45(47)54-50(62)36-52(55-46-25-11-15-31-51(46)64-57(54)55)63-42-23-16-22-41(35-42)60-37-61(49-30-14-13-29-48(49)60)56-43(38-18-6-4-7-19-38)26-17-27-44(56)39-20-8-5-9-21-39/h4-37H,1-3H3/q+1. The summed E-state index contributed by atoms with van der Waals surface area (Å²) in [5, 5.41) is 4.05. The summed E-state index contributed by atoms with van der Waals surface area (Å²) in [7, 11) is 0. The molecule has 6 heteroatoms. The second kappa shape index (κ2) is 14.7. The lowest BCUT2D eigenvalue weighted by atomic mass is 9.88. The molecule has 12 aromatic rings. The van der Waals surface area contributed by atoms with Crippen LogP contribution < -0.4 is 9.30 Å². The van der Waals surface area contributed by atoms with E-state index in [1.54, 1.807) is 0 Å². The van der Waals surface area contributed by atoms with Gasteiger partial charge in [-0.25, -0.2) is 4.98 Å². The Balaban J connectivity index is 1.05. The number of pyridine rings is 1. The van der Waals surface area contributed by atoms with E-state index in [4.69, 9.17) is 14.1 Å². The number of hydrogen-bond acceptors (Lipinski definition) is 3. The zero-order valence-corrected chi connectivity index (χ0v) is 35.7. The number of benzene rings is 8. The van der Waals surface area contributed by atoms with E-state index >= 15 is 0 Å². The Labute approximate surface area is 370 Å². The van der Waals surface area contributed by atoms with Crippen molar-refractivity contribution in [2.24, 2.45) is 0 Å². The second-order valence-corrected chi connectivity index (χ2v) is 17.5. The molecule has 0 amide bonds. The number of aromatic nitrogens is 4. The molecule has 0 aliphatic carbocycles. The second-order valence-electron chi connectivity index (χ2n) is 17.5. The van der Waals surface area contributed by atoms with E-state index in [-0.39, 0.29) is 5.41 Å². The first-order valence-electron chi connectivity index (χ1n) is 21.8. The Morgan fingerprint density at radius 1 is 0.562 bits per heavy atom. The third-order valence-electron chi connectivity index (χ3n) is 12.5. The molecule has 0 fully saturated rings. The predicted molar refractivity (Wildman–Crippen MR) is 260 cm³/mol. The van der Waals surface area contributed by atoms with Crippen LogP contribution in [-0.4, -0.2) is 14.1 Å². The van der Waals surface area contributed by atoms with Crippen molar-refractivity contribution in [1.29, 1.82) is 0 Å². The molecule has 0 bridgehead atoms. The van der Waals surface area contributed by atoms with E-state index in [2.05, 4.69) is 217 Å². The number of para-hydroxylation sites is 5. The van der Waals surface area contributed by atoms with Crippen LogP contribution >= 0.6 is 0 Å². The van der Waals surface area contributed by atoms with Gasteiger partial charge < -0.3 is 9.15 Å². The van der Waals surface area contributed by atoms with Gasteiger partial charge in [-0.2, -0.15) is 9.13 Å². The van der Waals surface area contributed by atoms with Crippen molar-refractivity contribution >= 4 is 54.8 Å². The van der Waals surface area contributed by atoms with Crippen LogP contribution in [0, 0.1) is 0 Å². The van der Waals surface area contributed by atoms with E-state index < -0.39 is 0 Å². The molecule has 64 heavy (non-hydrogen) atoms. The number of imidazole rings is 1. The number of rotatable bonds is 7. The van der Waals surface area contributed by atoms with Crippen LogP contribution in [0.3, 0.4) is 0 Å². The summed E-state index contributed by atoms with van der Waals surface area (Å²) in [6, 6.07) is 68.1. The lowest BCUT2D eigenvalue weighted by Crippen LogP contribution is -2.30. The highest BCUT2D eigenvalue weighted by atomic mass is 16.5. The molecular formula is C58H43N4O2+. The number of ether oxygens (including phenoxy) is 1. The van der Waals surface area contributed by atoms with Crippen molar-refractivity contribution in [3.05, 3.63) is 212 Å². The Bertz CT molecular complexity index is 3680. The van der Waals surface area contributed by atoms with Crippen LogP contribution in [0.4, 0.5) is 0 Å². The maximum atomic E-state index is 7.14. The highest BCUT2D eigenvalue weighted by molar-refractivity contribution is 6.25. The van der Waals surface area contributed by atoms with Gasteiger partial charge in [-0.05, 0) is 70.6 Å². The van der Waals surface area contributed by atoms with Crippen molar-refractivity contribution in [3.63, 3.8) is 0 Å². The molecule has 12 rings (SSSR count). The quantitative estimate of drug-likeness (QED) is 0.150. The fourth-order valence-electron chi connectivity index (χ4n) is 9.46.